The number of nitrogens with one attached hydrogen (secondary N) is 2. The lowest BCUT2D eigenvalue weighted by molar-refractivity contribution is -0.120. The number of carbonyl (C=O) groups excluding carboxylic acids is 1. The standard InChI is InChI=1S/C17H17N3O3S3/c1-18-26(22,23)14-6-4-12(5-7-14)10-19-16(21)9-13-11-25-17(20-13)15-3-2-8-24-15/h2-8,11,18H,9-10H2,1H3,(H,19,21). The highest BCUT2D eigenvalue weighted by Crippen LogP contribution is 2.27. The molecular weight excluding hydrogens is 390 g/mol. The number of sulfonamides is 1. The van der Waals surface area contributed by atoms with Crippen LogP contribution < -0.4 is 10.0 Å². The van der Waals surface area contributed by atoms with Crippen LogP contribution in [-0.4, -0.2) is 26.4 Å². The van der Waals surface area contributed by atoms with Crippen molar-refractivity contribution in [2.45, 2.75) is 17.9 Å². The first kappa shape index (κ1) is 18.7. The van der Waals surface area contributed by atoms with E-state index in [1.165, 1.54) is 30.5 Å². The fraction of sp³-hybridized carbons (Fsp3) is 0.176. The molecule has 0 aliphatic rings. The van der Waals surface area contributed by atoms with Crippen LogP contribution in [0.1, 0.15) is 11.3 Å². The van der Waals surface area contributed by atoms with Gasteiger partial charge in [-0.3, -0.25) is 4.79 Å². The van der Waals surface area contributed by atoms with Crippen molar-refractivity contribution in [1.29, 1.82) is 0 Å². The van der Waals surface area contributed by atoms with E-state index < -0.39 is 10.0 Å². The maximum absolute atomic E-state index is 12.1. The average molecular weight is 408 g/mol. The van der Waals surface area contributed by atoms with E-state index in [0.29, 0.717) is 6.54 Å². The van der Waals surface area contributed by atoms with Crippen LogP contribution in [0, 0.1) is 0 Å². The van der Waals surface area contributed by atoms with E-state index in [0.717, 1.165) is 21.1 Å². The van der Waals surface area contributed by atoms with Gasteiger partial charge in [0.15, 0.2) is 0 Å². The van der Waals surface area contributed by atoms with Crippen LogP contribution in [-0.2, 0) is 27.8 Å². The van der Waals surface area contributed by atoms with Gasteiger partial charge in [0, 0.05) is 11.9 Å². The fourth-order valence-corrected chi connectivity index (χ4v) is 4.60. The zero-order valence-electron chi connectivity index (χ0n) is 13.9. The van der Waals surface area contributed by atoms with Crippen molar-refractivity contribution in [3.63, 3.8) is 0 Å². The number of nitrogens with zero attached hydrogens (tertiary/aromatic N) is 1. The summed E-state index contributed by atoms with van der Waals surface area (Å²) in [5.74, 6) is -0.125. The molecule has 0 spiro atoms. The summed E-state index contributed by atoms with van der Waals surface area (Å²) in [6, 6.07) is 10.4. The maximum atomic E-state index is 12.1. The molecule has 136 valence electrons. The predicted octanol–water partition coefficient (Wildman–Crippen LogP) is 2.64. The Morgan fingerprint density at radius 3 is 2.58 bits per heavy atom. The number of hydrogen-bond acceptors (Lipinski definition) is 6. The summed E-state index contributed by atoms with van der Waals surface area (Å²) in [7, 11) is -2.08. The second-order valence-electron chi connectivity index (χ2n) is 5.43. The molecule has 26 heavy (non-hydrogen) atoms. The number of carbonyl (C=O) groups is 1. The molecule has 0 aliphatic heterocycles. The Kier molecular flexibility index (Phi) is 5.82. The lowest BCUT2D eigenvalue weighted by atomic mass is 10.2. The maximum Gasteiger partial charge on any atom is 0.240 e. The van der Waals surface area contributed by atoms with Crippen molar-refractivity contribution in [1.82, 2.24) is 15.0 Å². The van der Waals surface area contributed by atoms with Gasteiger partial charge in [0.25, 0.3) is 0 Å². The minimum atomic E-state index is -3.45. The summed E-state index contributed by atoms with van der Waals surface area (Å²) in [5, 5.41) is 7.64. The first-order chi connectivity index (χ1) is 12.5. The van der Waals surface area contributed by atoms with E-state index in [-0.39, 0.29) is 17.2 Å². The van der Waals surface area contributed by atoms with Crippen molar-refractivity contribution in [2.24, 2.45) is 0 Å². The summed E-state index contributed by atoms with van der Waals surface area (Å²) in [6.45, 7) is 0.334. The Morgan fingerprint density at radius 2 is 1.92 bits per heavy atom. The van der Waals surface area contributed by atoms with Crippen LogP contribution in [0.3, 0.4) is 0 Å². The van der Waals surface area contributed by atoms with Gasteiger partial charge < -0.3 is 5.32 Å². The van der Waals surface area contributed by atoms with E-state index in [1.807, 2.05) is 22.9 Å². The highest BCUT2D eigenvalue weighted by atomic mass is 32.2. The van der Waals surface area contributed by atoms with E-state index in [4.69, 9.17) is 0 Å². The van der Waals surface area contributed by atoms with Crippen LogP contribution in [0.25, 0.3) is 9.88 Å². The molecule has 0 unspecified atom stereocenters. The Hall–Kier alpha value is -2.07. The second-order valence-corrected chi connectivity index (χ2v) is 9.12. The predicted molar refractivity (Wildman–Crippen MR) is 104 cm³/mol. The smallest absolute Gasteiger partial charge is 0.240 e. The largest absolute Gasteiger partial charge is 0.352 e. The molecule has 0 saturated carbocycles. The molecular formula is C17H17N3O3S3. The lowest BCUT2D eigenvalue weighted by Crippen LogP contribution is -2.24. The van der Waals surface area contributed by atoms with Gasteiger partial charge in [0.2, 0.25) is 15.9 Å². The molecule has 1 amide bonds. The molecule has 0 bridgehead atoms. The Morgan fingerprint density at radius 1 is 1.15 bits per heavy atom. The summed E-state index contributed by atoms with van der Waals surface area (Å²) in [6.07, 6.45) is 0.216. The minimum absolute atomic E-state index is 0.125. The molecule has 1 aromatic carbocycles. The van der Waals surface area contributed by atoms with Gasteiger partial charge >= 0.3 is 0 Å². The van der Waals surface area contributed by atoms with Crippen LogP contribution in [0.15, 0.2) is 52.1 Å². The first-order valence-corrected chi connectivity index (χ1v) is 11.0. The van der Waals surface area contributed by atoms with Gasteiger partial charge in [-0.05, 0) is 36.2 Å². The SMILES string of the molecule is CNS(=O)(=O)c1ccc(CNC(=O)Cc2csc(-c3cccs3)n2)cc1. The van der Waals surface area contributed by atoms with Gasteiger partial charge in [-0.15, -0.1) is 22.7 Å². The van der Waals surface area contributed by atoms with Gasteiger partial charge in [-0.25, -0.2) is 18.1 Å². The average Bonchev–Trinajstić information content (AvgIpc) is 3.32. The van der Waals surface area contributed by atoms with Gasteiger partial charge in [0.05, 0.1) is 21.9 Å². The van der Waals surface area contributed by atoms with Crippen molar-refractivity contribution < 1.29 is 13.2 Å². The van der Waals surface area contributed by atoms with E-state index in [9.17, 15) is 13.2 Å². The Labute approximate surface area is 160 Å². The van der Waals surface area contributed by atoms with Crippen molar-refractivity contribution >= 4 is 38.6 Å². The highest BCUT2D eigenvalue weighted by Gasteiger charge is 2.12. The van der Waals surface area contributed by atoms with Crippen molar-refractivity contribution in [3.05, 3.63) is 58.4 Å². The first-order valence-electron chi connectivity index (χ1n) is 7.75. The fourth-order valence-electron chi connectivity index (χ4n) is 2.23. The third-order valence-electron chi connectivity index (χ3n) is 3.62. The number of benzene rings is 1. The van der Waals surface area contributed by atoms with E-state index in [1.54, 1.807) is 23.5 Å². The molecule has 9 heteroatoms. The van der Waals surface area contributed by atoms with Crippen molar-refractivity contribution in [3.8, 4) is 9.88 Å². The minimum Gasteiger partial charge on any atom is -0.352 e. The van der Waals surface area contributed by atoms with Gasteiger partial charge in [-0.1, -0.05) is 18.2 Å². The third kappa shape index (κ3) is 4.55. The zero-order chi connectivity index (χ0) is 18.6. The number of aromatic nitrogens is 1. The summed E-state index contributed by atoms with van der Waals surface area (Å²) >= 11 is 3.15. The molecule has 0 aliphatic carbocycles. The lowest BCUT2D eigenvalue weighted by Gasteiger charge is -2.06. The topological polar surface area (TPSA) is 88.2 Å². The van der Waals surface area contributed by atoms with E-state index in [2.05, 4.69) is 15.0 Å². The summed E-state index contributed by atoms with van der Waals surface area (Å²) < 4.78 is 25.6. The number of amides is 1. The molecule has 6 nitrogen and oxygen atoms in total. The van der Waals surface area contributed by atoms with Gasteiger partial charge in [-0.2, -0.15) is 0 Å². The molecule has 0 radical (unpaired) electrons. The number of hydrogen-bond donors (Lipinski definition) is 2. The highest BCUT2D eigenvalue weighted by molar-refractivity contribution is 7.89. The third-order valence-corrected chi connectivity index (χ3v) is 6.98. The number of thiazole rings is 1. The molecule has 2 N–H and O–H groups in total. The van der Waals surface area contributed by atoms with Crippen LogP contribution in [0.5, 0.6) is 0 Å². The second kappa shape index (κ2) is 8.09. The molecule has 3 aromatic rings. The van der Waals surface area contributed by atoms with Crippen LogP contribution in [0.2, 0.25) is 0 Å². The molecule has 0 saturated heterocycles. The number of thiophene rings is 1. The zero-order valence-corrected chi connectivity index (χ0v) is 16.4. The monoisotopic (exact) mass is 407 g/mol. The summed E-state index contributed by atoms with van der Waals surface area (Å²) in [4.78, 5) is 17.9. The molecule has 3 rings (SSSR count). The Balaban J connectivity index is 1.54. The molecule has 2 aromatic heterocycles. The normalized spacial score (nSPS) is 11.4. The molecule has 0 atom stereocenters. The molecule has 0 fully saturated rings. The number of rotatable bonds is 7. The van der Waals surface area contributed by atoms with Crippen LogP contribution in [0.4, 0.5) is 0 Å². The molecule has 2 heterocycles. The van der Waals surface area contributed by atoms with E-state index >= 15 is 0 Å². The Bertz CT molecular complexity index is 978. The quantitative estimate of drug-likeness (QED) is 0.630. The van der Waals surface area contributed by atoms with Crippen molar-refractivity contribution in [2.75, 3.05) is 7.05 Å². The van der Waals surface area contributed by atoms with Gasteiger partial charge in [0.1, 0.15) is 5.01 Å². The summed E-state index contributed by atoms with van der Waals surface area (Å²) in [5.41, 5.74) is 1.57. The van der Waals surface area contributed by atoms with Crippen LogP contribution >= 0.6 is 22.7 Å².